The average Bonchev–Trinajstić information content (AvgIpc) is 3.39. The number of hydrogen-bond donors (Lipinski definition) is 2. The summed E-state index contributed by atoms with van der Waals surface area (Å²) in [4.78, 5) is 26.1. The average molecular weight is 538 g/mol. The number of aliphatic hydroxyl groups is 1. The van der Waals surface area contributed by atoms with Crippen molar-refractivity contribution in [1.29, 1.82) is 0 Å². The number of fused-ring (bicyclic) bond motifs is 1. The minimum absolute atomic E-state index is 0.138. The van der Waals surface area contributed by atoms with E-state index in [2.05, 4.69) is 5.32 Å². The molecule has 0 saturated carbocycles. The summed E-state index contributed by atoms with van der Waals surface area (Å²) in [6.07, 6.45) is 5.70. The molecule has 1 aliphatic carbocycles. The lowest BCUT2D eigenvalue weighted by atomic mass is 9.72. The minimum Gasteiger partial charge on any atom is -0.500 e. The van der Waals surface area contributed by atoms with E-state index in [1.807, 2.05) is 38.1 Å². The van der Waals surface area contributed by atoms with E-state index in [1.165, 1.54) is 19.2 Å². The fourth-order valence-electron chi connectivity index (χ4n) is 5.52. The van der Waals surface area contributed by atoms with Crippen molar-refractivity contribution in [3.05, 3.63) is 83.4 Å². The Morgan fingerprint density at radius 2 is 1.90 bits per heavy atom. The molecule has 3 unspecified atom stereocenters. The third kappa shape index (κ3) is 6.68. The number of ketones is 1. The van der Waals surface area contributed by atoms with Gasteiger partial charge >= 0.3 is 0 Å². The van der Waals surface area contributed by atoms with E-state index in [1.54, 1.807) is 31.6 Å². The summed E-state index contributed by atoms with van der Waals surface area (Å²) in [6.45, 7) is 4.05. The van der Waals surface area contributed by atoms with Crippen LogP contribution in [-0.4, -0.2) is 49.3 Å². The molecule has 0 radical (unpaired) electrons. The van der Waals surface area contributed by atoms with Gasteiger partial charge in [0.15, 0.2) is 5.78 Å². The molecule has 0 fully saturated rings. The van der Waals surface area contributed by atoms with Gasteiger partial charge in [-0.2, -0.15) is 0 Å². The summed E-state index contributed by atoms with van der Waals surface area (Å²) >= 11 is 0. The second-order valence-electron chi connectivity index (χ2n) is 11.0. The second kappa shape index (κ2) is 11.6. The highest BCUT2D eigenvalue weighted by Gasteiger charge is 2.40. The number of amides is 1. The second-order valence-corrected chi connectivity index (χ2v) is 11.0. The van der Waals surface area contributed by atoms with Crippen LogP contribution in [0, 0.1) is 11.7 Å². The van der Waals surface area contributed by atoms with Gasteiger partial charge < -0.3 is 24.6 Å². The number of benzene rings is 2. The first-order chi connectivity index (χ1) is 18.5. The standard InChI is InChI=1S/C31H36FNO6/c1-30(2,25-15-22(32)8-12-27(25)38-4)19-31(36,14-13-20-5-9-23(37-3)10-6-20)16-28(34)33-26-11-7-21-17-39-18-24(21)29(26)35/h5-12,15,17,24,26,36H,13-14,16,18-19H2,1-4H3,(H,33,34). The highest BCUT2D eigenvalue weighted by molar-refractivity contribution is 5.96. The Bertz CT molecular complexity index is 1270. The van der Waals surface area contributed by atoms with Gasteiger partial charge in [0.25, 0.3) is 0 Å². The van der Waals surface area contributed by atoms with E-state index in [4.69, 9.17) is 14.2 Å². The SMILES string of the molecule is COc1ccc(CCC(O)(CC(=O)NC2C=CC3=COCC3C2=O)CC(C)(C)c2cc(F)ccc2OC)cc1. The number of ether oxygens (including phenoxy) is 3. The summed E-state index contributed by atoms with van der Waals surface area (Å²) in [5, 5.41) is 14.8. The molecule has 7 nitrogen and oxygen atoms in total. The summed E-state index contributed by atoms with van der Waals surface area (Å²) in [5.74, 6) is -0.156. The van der Waals surface area contributed by atoms with Crippen molar-refractivity contribution in [2.45, 2.75) is 56.6 Å². The molecule has 0 saturated heterocycles. The van der Waals surface area contributed by atoms with Gasteiger partial charge in [-0.1, -0.05) is 38.1 Å². The fraction of sp³-hybridized carbons (Fsp3) is 0.419. The predicted molar refractivity (Wildman–Crippen MR) is 145 cm³/mol. The van der Waals surface area contributed by atoms with E-state index >= 15 is 0 Å². The number of nitrogens with one attached hydrogen (secondary N) is 1. The van der Waals surface area contributed by atoms with Crippen molar-refractivity contribution in [2.75, 3.05) is 20.8 Å². The Labute approximate surface area is 228 Å². The maximum absolute atomic E-state index is 14.2. The number of carbonyl (C=O) groups excluding carboxylic acids is 2. The number of Topliss-reactive ketones (excluding diaryl/α,β-unsaturated/α-hetero) is 1. The Morgan fingerprint density at radius 3 is 2.59 bits per heavy atom. The van der Waals surface area contributed by atoms with Crippen LogP contribution in [0.1, 0.15) is 44.2 Å². The lowest BCUT2D eigenvalue weighted by molar-refractivity contribution is -0.132. The molecule has 1 heterocycles. The van der Waals surface area contributed by atoms with Crippen molar-refractivity contribution in [1.82, 2.24) is 5.32 Å². The largest absolute Gasteiger partial charge is 0.500 e. The summed E-state index contributed by atoms with van der Waals surface area (Å²) in [6, 6.07) is 11.0. The molecule has 39 heavy (non-hydrogen) atoms. The Balaban J connectivity index is 1.55. The van der Waals surface area contributed by atoms with E-state index in [9.17, 15) is 19.1 Å². The maximum Gasteiger partial charge on any atom is 0.223 e. The van der Waals surface area contributed by atoms with Crippen LogP contribution in [0.2, 0.25) is 0 Å². The predicted octanol–water partition coefficient (Wildman–Crippen LogP) is 4.42. The lowest BCUT2D eigenvalue weighted by Crippen LogP contribution is -2.48. The number of methoxy groups -OCH3 is 2. The summed E-state index contributed by atoms with van der Waals surface area (Å²) < 4.78 is 30.2. The molecule has 1 amide bonds. The molecule has 4 rings (SSSR count). The molecule has 8 heteroatoms. The van der Waals surface area contributed by atoms with Gasteiger partial charge in [-0.05, 0) is 60.6 Å². The zero-order chi connectivity index (χ0) is 28.2. The first kappa shape index (κ1) is 28.4. The monoisotopic (exact) mass is 537 g/mol. The molecule has 1 aliphatic heterocycles. The van der Waals surface area contributed by atoms with Crippen molar-refractivity contribution in [3.63, 3.8) is 0 Å². The van der Waals surface area contributed by atoms with Crippen LogP contribution in [0.3, 0.4) is 0 Å². The van der Waals surface area contributed by atoms with Crippen molar-refractivity contribution >= 4 is 11.7 Å². The third-order valence-corrected chi connectivity index (χ3v) is 7.52. The molecule has 2 aromatic rings. The Hall–Kier alpha value is -3.65. The van der Waals surface area contributed by atoms with Crippen LogP contribution in [0.25, 0.3) is 0 Å². The maximum atomic E-state index is 14.2. The first-order valence-electron chi connectivity index (χ1n) is 13.1. The smallest absolute Gasteiger partial charge is 0.223 e. The number of hydrogen-bond acceptors (Lipinski definition) is 6. The van der Waals surface area contributed by atoms with Crippen LogP contribution >= 0.6 is 0 Å². The number of rotatable bonds is 11. The molecule has 0 aromatic heterocycles. The molecule has 208 valence electrons. The Kier molecular flexibility index (Phi) is 8.45. The van der Waals surface area contributed by atoms with Gasteiger partial charge in [0, 0.05) is 11.1 Å². The number of halogens is 1. The van der Waals surface area contributed by atoms with Crippen molar-refractivity contribution in [3.8, 4) is 11.5 Å². The third-order valence-electron chi connectivity index (χ3n) is 7.52. The molecule has 2 aromatic carbocycles. The zero-order valence-electron chi connectivity index (χ0n) is 22.8. The highest BCUT2D eigenvalue weighted by atomic mass is 19.1. The Morgan fingerprint density at radius 1 is 1.15 bits per heavy atom. The van der Waals surface area contributed by atoms with Gasteiger partial charge in [0.2, 0.25) is 5.91 Å². The molecule has 0 spiro atoms. The molecular weight excluding hydrogens is 501 g/mol. The first-order valence-corrected chi connectivity index (χ1v) is 13.1. The quantitative estimate of drug-likeness (QED) is 0.441. The minimum atomic E-state index is -1.46. The van der Waals surface area contributed by atoms with Crippen molar-refractivity contribution in [2.24, 2.45) is 5.92 Å². The van der Waals surface area contributed by atoms with Crippen LogP contribution in [0.15, 0.2) is 66.5 Å². The summed E-state index contributed by atoms with van der Waals surface area (Å²) in [7, 11) is 3.11. The molecule has 3 atom stereocenters. The van der Waals surface area contributed by atoms with Gasteiger partial charge in [-0.3, -0.25) is 9.59 Å². The normalized spacial score (nSPS) is 19.9. The van der Waals surface area contributed by atoms with E-state index < -0.39 is 34.7 Å². The van der Waals surface area contributed by atoms with Crippen LogP contribution in [-0.2, 0) is 26.2 Å². The van der Waals surface area contributed by atoms with Gasteiger partial charge in [0.05, 0.1) is 38.4 Å². The van der Waals surface area contributed by atoms with Gasteiger partial charge in [-0.15, -0.1) is 0 Å². The zero-order valence-corrected chi connectivity index (χ0v) is 22.8. The van der Waals surface area contributed by atoms with Crippen molar-refractivity contribution < 1.29 is 33.3 Å². The van der Waals surface area contributed by atoms with Crippen LogP contribution in [0.4, 0.5) is 4.39 Å². The van der Waals surface area contributed by atoms with E-state index in [0.717, 1.165) is 16.9 Å². The molecule has 0 bridgehead atoms. The topological polar surface area (TPSA) is 94.1 Å². The van der Waals surface area contributed by atoms with Crippen LogP contribution < -0.4 is 14.8 Å². The number of aryl methyl sites for hydroxylation is 1. The van der Waals surface area contributed by atoms with E-state index in [0.29, 0.717) is 17.7 Å². The molecular formula is C31H36FNO6. The van der Waals surface area contributed by atoms with Crippen LogP contribution in [0.5, 0.6) is 11.5 Å². The molecule has 2 aliphatic rings. The lowest BCUT2D eigenvalue weighted by Gasteiger charge is -2.37. The number of carbonyl (C=O) groups is 2. The number of allylic oxidation sites excluding steroid dienone is 1. The fourth-order valence-corrected chi connectivity index (χ4v) is 5.52. The van der Waals surface area contributed by atoms with Gasteiger partial charge in [0.1, 0.15) is 30.0 Å². The van der Waals surface area contributed by atoms with E-state index in [-0.39, 0.29) is 31.7 Å². The highest BCUT2D eigenvalue weighted by Crippen LogP contribution is 2.40. The summed E-state index contributed by atoms with van der Waals surface area (Å²) in [5.41, 5.74) is 0.158. The van der Waals surface area contributed by atoms with Gasteiger partial charge in [-0.25, -0.2) is 4.39 Å². The molecule has 2 N–H and O–H groups in total.